The smallest absolute Gasteiger partial charge is 0.280 e. The number of nitrogens with one attached hydrogen (secondary N) is 1. The molecule has 0 aliphatic carbocycles. The highest BCUT2D eigenvalue weighted by molar-refractivity contribution is 9.10. The van der Waals surface area contributed by atoms with Gasteiger partial charge in [0.15, 0.2) is 0 Å². The maximum absolute atomic E-state index is 12.6. The third-order valence-corrected chi connectivity index (χ3v) is 4.24. The summed E-state index contributed by atoms with van der Waals surface area (Å²) >= 11 is 9.46. The lowest BCUT2D eigenvalue weighted by Gasteiger charge is -2.00. The average Bonchev–Trinajstić information content (AvgIpc) is 2.82. The van der Waals surface area contributed by atoms with Crippen LogP contribution in [0.3, 0.4) is 0 Å². The van der Waals surface area contributed by atoms with Crippen LogP contribution in [0.15, 0.2) is 62.8 Å². The van der Waals surface area contributed by atoms with E-state index in [1.54, 1.807) is 18.3 Å². The van der Waals surface area contributed by atoms with Gasteiger partial charge in [0.2, 0.25) is 0 Å². The molecular formula is C17H13BrClN3O. The summed E-state index contributed by atoms with van der Waals surface area (Å²) in [5.41, 5.74) is 2.49. The molecule has 0 amide bonds. The summed E-state index contributed by atoms with van der Waals surface area (Å²) in [5, 5.41) is 3.61. The Kier molecular flexibility index (Phi) is 4.50. The molecule has 0 unspecified atom stereocenters. The lowest BCUT2D eigenvalue weighted by atomic mass is 10.2. The Labute approximate surface area is 146 Å². The summed E-state index contributed by atoms with van der Waals surface area (Å²) in [7, 11) is 0. The van der Waals surface area contributed by atoms with Crippen LogP contribution >= 0.6 is 27.5 Å². The van der Waals surface area contributed by atoms with E-state index >= 15 is 0 Å². The van der Waals surface area contributed by atoms with Gasteiger partial charge in [-0.05, 0) is 43.3 Å². The number of aromatic amines is 1. The first-order chi connectivity index (χ1) is 11.1. The van der Waals surface area contributed by atoms with Crippen LogP contribution < -0.4 is 5.56 Å². The van der Waals surface area contributed by atoms with Gasteiger partial charge in [0.05, 0.1) is 22.0 Å². The predicted octanol–water partition coefficient (Wildman–Crippen LogP) is 4.64. The molecular weight excluding hydrogens is 378 g/mol. The number of hydrogen-bond acceptors (Lipinski definition) is 2. The van der Waals surface area contributed by atoms with Crippen LogP contribution in [-0.2, 0) is 0 Å². The normalized spacial score (nSPS) is 11.3. The topological polar surface area (TPSA) is 50.1 Å². The molecule has 6 heteroatoms. The molecule has 1 N–H and O–H groups in total. The molecule has 1 aromatic heterocycles. The number of halogens is 2. The number of aryl methyl sites for hydroxylation is 1. The molecule has 3 aromatic rings. The van der Waals surface area contributed by atoms with Crippen LogP contribution in [0.4, 0.5) is 5.69 Å². The third kappa shape index (κ3) is 3.30. The summed E-state index contributed by atoms with van der Waals surface area (Å²) in [6.45, 7) is 1.84. The van der Waals surface area contributed by atoms with Crippen LogP contribution in [0.2, 0.25) is 5.02 Å². The zero-order valence-electron chi connectivity index (χ0n) is 12.3. The Morgan fingerprint density at radius 1 is 1.17 bits per heavy atom. The third-order valence-electron chi connectivity index (χ3n) is 3.39. The number of benzene rings is 2. The second kappa shape index (κ2) is 6.56. The molecule has 0 radical (unpaired) electrons. The van der Waals surface area contributed by atoms with Gasteiger partial charge in [-0.2, -0.15) is 0 Å². The van der Waals surface area contributed by atoms with E-state index in [9.17, 15) is 4.79 Å². The standard InChI is InChI=1S/C17H13BrClN3O/c1-11-14(10-20-16-5-3-2-4-15(16)19)17(23)22(21-11)13-8-6-12(18)7-9-13/h2-10,21H,1H3. The van der Waals surface area contributed by atoms with E-state index in [4.69, 9.17) is 11.6 Å². The Morgan fingerprint density at radius 2 is 1.87 bits per heavy atom. The van der Waals surface area contributed by atoms with Gasteiger partial charge in [-0.1, -0.05) is 39.7 Å². The van der Waals surface area contributed by atoms with Gasteiger partial charge in [0.1, 0.15) is 0 Å². The van der Waals surface area contributed by atoms with Crippen molar-refractivity contribution in [3.8, 4) is 5.69 Å². The van der Waals surface area contributed by atoms with Crippen LogP contribution in [0.25, 0.3) is 5.69 Å². The average molecular weight is 391 g/mol. The first-order valence-electron chi connectivity index (χ1n) is 6.92. The maximum Gasteiger partial charge on any atom is 0.280 e. The van der Waals surface area contributed by atoms with Gasteiger partial charge in [-0.3, -0.25) is 14.9 Å². The number of rotatable bonds is 3. The number of para-hydroxylation sites is 1. The van der Waals surface area contributed by atoms with Gasteiger partial charge in [-0.15, -0.1) is 0 Å². The van der Waals surface area contributed by atoms with E-state index in [0.29, 0.717) is 16.3 Å². The van der Waals surface area contributed by atoms with Crippen molar-refractivity contribution in [2.45, 2.75) is 6.92 Å². The summed E-state index contributed by atoms with van der Waals surface area (Å²) in [5.74, 6) is 0. The number of hydrogen-bond donors (Lipinski definition) is 1. The fourth-order valence-electron chi connectivity index (χ4n) is 2.17. The van der Waals surface area contributed by atoms with Gasteiger partial charge in [-0.25, -0.2) is 4.68 Å². The summed E-state index contributed by atoms with van der Waals surface area (Å²) in [6.07, 6.45) is 1.55. The SMILES string of the molecule is Cc1[nH]n(-c2ccc(Br)cc2)c(=O)c1C=Nc1ccccc1Cl. The molecule has 4 nitrogen and oxygen atoms in total. The molecule has 0 atom stereocenters. The highest BCUT2D eigenvalue weighted by Crippen LogP contribution is 2.23. The Balaban J connectivity index is 2.00. The van der Waals surface area contributed by atoms with Crippen molar-refractivity contribution in [3.05, 3.63) is 79.6 Å². The molecule has 0 fully saturated rings. The number of aliphatic imine (C=N–C) groups is 1. The summed E-state index contributed by atoms with van der Waals surface area (Å²) in [4.78, 5) is 16.9. The molecule has 0 saturated carbocycles. The van der Waals surface area contributed by atoms with Gasteiger partial charge in [0.25, 0.3) is 5.56 Å². The molecule has 0 aliphatic rings. The van der Waals surface area contributed by atoms with Crippen molar-refractivity contribution >= 4 is 39.4 Å². The first-order valence-corrected chi connectivity index (χ1v) is 8.09. The van der Waals surface area contributed by atoms with E-state index in [-0.39, 0.29) is 5.56 Å². The van der Waals surface area contributed by atoms with Crippen molar-refractivity contribution in [1.29, 1.82) is 0 Å². The first kappa shape index (κ1) is 15.8. The van der Waals surface area contributed by atoms with Crippen LogP contribution in [0, 0.1) is 6.92 Å². The van der Waals surface area contributed by atoms with Crippen molar-refractivity contribution in [2.75, 3.05) is 0 Å². The minimum atomic E-state index is -0.152. The summed E-state index contributed by atoms with van der Waals surface area (Å²) in [6, 6.07) is 14.7. The quantitative estimate of drug-likeness (QED) is 0.651. The fraction of sp³-hybridized carbons (Fsp3) is 0.0588. The molecule has 116 valence electrons. The molecule has 2 aromatic carbocycles. The summed E-state index contributed by atoms with van der Waals surface area (Å²) < 4.78 is 2.45. The van der Waals surface area contributed by atoms with Gasteiger partial charge < -0.3 is 0 Å². The largest absolute Gasteiger partial charge is 0.295 e. The lowest BCUT2D eigenvalue weighted by molar-refractivity contribution is 0.835. The van der Waals surface area contributed by atoms with Crippen molar-refractivity contribution in [3.63, 3.8) is 0 Å². The zero-order valence-corrected chi connectivity index (χ0v) is 14.6. The monoisotopic (exact) mass is 389 g/mol. The van der Waals surface area contributed by atoms with Crippen LogP contribution in [0.1, 0.15) is 11.3 Å². The lowest BCUT2D eigenvalue weighted by Crippen LogP contribution is -2.17. The second-order valence-electron chi connectivity index (χ2n) is 4.98. The molecule has 0 aliphatic heterocycles. The highest BCUT2D eigenvalue weighted by Gasteiger charge is 2.10. The molecule has 1 heterocycles. The van der Waals surface area contributed by atoms with E-state index in [1.165, 1.54) is 4.68 Å². The second-order valence-corrected chi connectivity index (χ2v) is 6.30. The fourth-order valence-corrected chi connectivity index (χ4v) is 2.62. The van der Waals surface area contributed by atoms with Crippen LogP contribution in [-0.4, -0.2) is 16.0 Å². The van der Waals surface area contributed by atoms with E-state index < -0.39 is 0 Å². The predicted molar refractivity (Wildman–Crippen MR) is 97.5 cm³/mol. The van der Waals surface area contributed by atoms with Crippen molar-refractivity contribution < 1.29 is 0 Å². The Morgan fingerprint density at radius 3 is 2.57 bits per heavy atom. The van der Waals surface area contributed by atoms with Crippen LogP contribution in [0.5, 0.6) is 0 Å². The Bertz CT molecular complexity index is 926. The highest BCUT2D eigenvalue weighted by atomic mass is 79.9. The molecule has 3 rings (SSSR count). The Hall–Kier alpha value is -2.11. The minimum Gasteiger partial charge on any atom is -0.295 e. The number of nitrogens with zero attached hydrogens (tertiary/aromatic N) is 2. The number of H-pyrrole nitrogens is 1. The molecule has 0 saturated heterocycles. The zero-order chi connectivity index (χ0) is 16.4. The van der Waals surface area contributed by atoms with E-state index in [2.05, 4.69) is 26.0 Å². The van der Waals surface area contributed by atoms with Gasteiger partial charge in [0, 0.05) is 16.4 Å². The molecule has 0 spiro atoms. The maximum atomic E-state index is 12.6. The minimum absolute atomic E-state index is 0.152. The van der Waals surface area contributed by atoms with Crippen molar-refractivity contribution in [2.24, 2.45) is 4.99 Å². The molecule has 0 bridgehead atoms. The number of aromatic nitrogens is 2. The molecule has 23 heavy (non-hydrogen) atoms. The van der Waals surface area contributed by atoms with E-state index in [1.807, 2.05) is 43.3 Å². The van der Waals surface area contributed by atoms with E-state index in [0.717, 1.165) is 15.9 Å². The van der Waals surface area contributed by atoms with Gasteiger partial charge >= 0.3 is 0 Å². The van der Waals surface area contributed by atoms with Crippen molar-refractivity contribution in [1.82, 2.24) is 9.78 Å².